The van der Waals surface area contributed by atoms with E-state index in [0.717, 1.165) is 17.3 Å². The quantitative estimate of drug-likeness (QED) is 0.872. The fourth-order valence-corrected chi connectivity index (χ4v) is 3.23. The second-order valence-electron chi connectivity index (χ2n) is 5.61. The summed E-state index contributed by atoms with van der Waals surface area (Å²) in [4.78, 5) is 11.2. The molecule has 4 heteroatoms. The summed E-state index contributed by atoms with van der Waals surface area (Å²) in [5, 5.41) is 12.4. The molecule has 0 bridgehead atoms. The van der Waals surface area contributed by atoms with Gasteiger partial charge in [-0.3, -0.25) is 4.79 Å². The average molecular weight is 326 g/mol. The molecule has 104 valence electrons. The monoisotopic (exact) mass is 325 g/mol. The van der Waals surface area contributed by atoms with Crippen LogP contribution in [0.5, 0.6) is 0 Å². The fraction of sp³-hybridized carbons (Fsp3) is 0.533. The molecule has 0 spiro atoms. The van der Waals surface area contributed by atoms with Crippen LogP contribution in [0.3, 0.4) is 0 Å². The van der Waals surface area contributed by atoms with Crippen molar-refractivity contribution >= 4 is 21.9 Å². The third-order valence-corrected chi connectivity index (χ3v) is 4.55. The molecule has 1 unspecified atom stereocenters. The molecule has 1 aliphatic carbocycles. The summed E-state index contributed by atoms with van der Waals surface area (Å²) >= 11 is 3.57. The lowest BCUT2D eigenvalue weighted by Gasteiger charge is -2.39. The molecule has 19 heavy (non-hydrogen) atoms. The molecule has 1 aromatic rings. The number of carboxylic acids is 1. The predicted molar refractivity (Wildman–Crippen MR) is 79.3 cm³/mol. The van der Waals surface area contributed by atoms with Crippen LogP contribution in [-0.2, 0) is 4.79 Å². The molecule has 0 aliphatic heterocycles. The van der Waals surface area contributed by atoms with Gasteiger partial charge in [-0.25, -0.2) is 0 Å². The Kier molecular flexibility index (Phi) is 4.63. The minimum atomic E-state index is -0.751. The first-order valence-electron chi connectivity index (χ1n) is 6.72. The highest BCUT2D eigenvalue weighted by Crippen LogP contribution is 2.40. The molecular weight excluding hydrogens is 306 g/mol. The molecule has 3 nitrogen and oxygen atoms in total. The highest BCUT2D eigenvalue weighted by Gasteiger charge is 2.34. The molecule has 1 fully saturated rings. The third-order valence-electron chi connectivity index (χ3n) is 3.83. The molecule has 1 aliphatic rings. The van der Waals surface area contributed by atoms with Gasteiger partial charge < -0.3 is 10.4 Å². The minimum absolute atomic E-state index is 0.111. The Morgan fingerprint density at radius 1 is 1.37 bits per heavy atom. The number of carbonyl (C=O) groups is 1. The Morgan fingerprint density at radius 2 is 2.00 bits per heavy atom. The van der Waals surface area contributed by atoms with E-state index in [1.54, 1.807) is 0 Å². The van der Waals surface area contributed by atoms with Crippen LogP contribution in [0, 0.1) is 5.92 Å². The average Bonchev–Trinajstić information content (AvgIpc) is 2.28. The molecular formula is C15H20BrNO2. The zero-order valence-corrected chi connectivity index (χ0v) is 12.9. The Morgan fingerprint density at radius 3 is 2.53 bits per heavy atom. The van der Waals surface area contributed by atoms with Crippen LogP contribution in [0.25, 0.3) is 0 Å². The first-order valence-corrected chi connectivity index (χ1v) is 7.51. The van der Waals surface area contributed by atoms with Gasteiger partial charge in [0.1, 0.15) is 6.04 Å². The normalized spacial score (nSPS) is 24.0. The summed E-state index contributed by atoms with van der Waals surface area (Å²) in [6, 6.07) is 8.15. The molecule has 2 N–H and O–H groups in total. The SMILES string of the molecule is CC(C)C(NC1CC(c2ccccc2Br)C1)C(=O)O. The third kappa shape index (κ3) is 3.37. The topological polar surface area (TPSA) is 49.3 Å². The number of hydrogen-bond donors (Lipinski definition) is 2. The maximum Gasteiger partial charge on any atom is 0.320 e. The predicted octanol–water partition coefficient (Wildman–Crippen LogP) is 3.39. The number of nitrogens with one attached hydrogen (secondary N) is 1. The van der Waals surface area contributed by atoms with Gasteiger partial charge in [-0.05, 0) is 36.3 Å². The highest BCUT2D eigenvalue weighted by molar-refractivity contribution is 9.10. The lowest BCUT2D eigenvalue weighted by Crippen LogP contribution is -2.51. The smallest absolute Gasteiger partial charge is 0.320 e. The van der Waals surface area contributed by atoms with Crippen LogP contribution in [0.1, 0.15) is 38.2 Å². The lowest BCUT2D eigenvalue weighted by molar-refractivity contribution is -0.141. The lowest BCUT2D eigenvalue weighted by atomic mass is 9.75. The standard InChI is InChI=1S/C15H20BrNO2/c1-9(2)14(15(18)19)17-11-7-10(8-11)12-5-3-4-6-13(12)16/h3-6,9-11,14,17H,7-8H2,1-2H3,(H,18,19). The van der Waals surface area contributed by atoms with Crippen molar-refractivity contribution < 1.29 is 9.90 Å². The Labute approximate surface area is 122 Å². The molecule has 0 radical (unpaired) electrons. The zero-order chi connectivity index (χ0) is 14.0. The molecule has 2 rings (SSSR count). The van der Waals surface area contributed by atoms with Gasteiger partial charge in [0.15, 0.2) is 0 Å². The van der Waals surface area contributed by atoms with Gasteiger partial charge in [0.05, 0.1) is 0 Å². The number of halogens is 1. The van der Waals surface area contributed by atoms with Crippen LogP contribution in [-0.4, -0.2) is 23.2 Å². The maximum atomic E-state index is 11.2. The Bertz CT molecular complexity index is 455. The van der Waals surface area contributed by atoms with Gasteiger partial charge >= 0.3 is 5.97 Å². The first kappa shape index (κ1) is 14.5. The van der Waals surface area contributed by atoms with Crippen LogP contribution in [0.15, 0.2) is 28.7 Å². The summed E-state index contributed by atoms with van der Waals surface area (Å²) < 4.78 is 1.15. The van der Waals surface area contributed by atoms with E-state index in [0.29, 0.717) is 12.0 Å². The largest absolute Gasteiger partial charge is 0.480 e. The van der Waals surface area contributed by atoms with Crippen molar-refractivity contribution in [3.05, 3.63) is 34.3 Å². The van der Waals surface area contributed by atoms with Crippen LogP contribution in [0.4, 0.5) is 0 Å². The highest BCUT2D eigenvalue weighted by atomic mass is 79.9. The summed E-state index contributed by atoms with van der Waals surface area (Å²) in [6.45, 7) is 3.88. The van der Waals surface area contributed by atoms with E-state index >= 15 is 0 Å². The van der Waals surface area contributed by atoms with E-state index in [4.69, 9.17) is 5.11 Å². The van der Waals surface area contributed by atoms with Gasteiger partial charge in [0, 0.05) is 10.5 Å². The molecule has 1 atom stereocenters. The van der Waals surface area contributed by atoms with Crippen molar-refractivity contribution in [3.63, 3.8) is 0 Å². The number of benzene rings is 1. The zero-order valence-electron chi connectivity index (χ0n) is 11.3. The van der Waals surface area contributed by atoms with E-state index in [1.807, 2.05) is 19.9 Å². The number of aliphatic carboxylic acids is 1. The van der Waals surface area contributed by atoms with Gasteiger partial charge in [-0.2, -0.15) is 0 Å². The van der Waals surface area contributed by atoms with E-state index < -0.39 is 12.0 Å². The molecule has 0 amide bonds. The van der Waals surface area contributed by atoms with E-state index in [1.165, 1.54) is 5.56 Å². The molecule has 0 aromatic heterocycles. The summed E-state index contributed by atoms with van der Waals surface area (Å²) in [5.41, 5.74) is 1.33. The summed E-state index contributed by atoms with van der Waals surface area (Å²) in [6.07, 6.45) is 2.03. The second-order valence-corrected chi connectivity index (χ2v) is 6.47. The first-order chi connectivity index (χ1) is 8.99. The minimum Gasteiger partial charge on any atom is -0.480 e. The van der Waals surface area contributed by atoms with Crippen molar-refractivity contribution in [2.24, 2.45) is 5.92 Å². The van der Waals surface area contributed by atoms with Crippen molar-refractivity contribution in [2.45, 2.75) is 44.7 Å². The fourth-order valence-electron chi connectivity index (χ4n) is 2.62. The van der Waals surface area contributed by atoms with Crippen molar-refractivity contribution in [2.75, 3.05) is 0 Å². The van der Waals surface area contributed by atoms with Crippen LogP contribution >= 0.6 is 15.9 Å². The number of rotatable bonds is 5. The van der Waals surface area contributed by atoms with Crippen molar-refractivity contribution in [1.82, 2.24) is 5.32 Å². The number of hydrogen-bond acceptors (Lipinski definition) is 2. The van der Waals surface area contributed by atoms with E-state index in [2.05, 4.69) is 39.4 Å². The van der Waals surface area contributed by atoms with Crippen molar-refractivity contribution in [3.8, 4) is 0 Å². The maximum absolute atomic E-state index is 11.2. The van der Waals surface area contributed by atoms with Crippen molar-refractivity contribution in [1.29, 1.82) is 0 Å². The van der Waals surface area contributed by atoms with Crippen LogP contribution < -0.4 is 5.32 Å². The van der Waals surface area contributed by atoms with Gasteiger partial charge in [-0.15, -0.1) is 0 Å². The van der Waals surface area contributed by atoms with Gasteiger partial charge in [0.2, 0.25) is 0 Å². The second kappa shape index (κ2) is 6.06. The van der Waals surface area contributed by atoms with Gasteiger partial charge in [0.25, 0.3) is 0 Å². The molecule has 0 heterocycles. The van der Waals surface area contributed by atoms with Gasteiger partial charge in [-0.1, -0.05) is 48.0 Å². The Balaban J connectivity index is 1.90. The summed E-state index contributed by atoms with van der Waals surface area (Å²) in [5.74, 6) is -0.103. The van der Waals surface area contributed by atoms with Crippen LogP contribution in [0.2, 0.25) is 0 Å². The molecule has 1 aromatic carbocycles. The summed E-state index contributed by atoms with van der Waals surface area (Å²) in [7, 11) is 0. The van der Waals surface area contributed by atoms with E-state index in [9.17, 15) is 4.79 Å². The van der Waals surface area contributed by atoms with E-state index in [-0.39, 0.29) is 5.92 Å². The number of carboxylic acid groups (broad SMARTS) is 1. The Hall–Kier alpha value is -0.870. The molecule has 1 saturated carbocycles. The molecule has 0 saturated heterocycles.